The molecule has 0 amide bonds. The zero-order valence-electron chi connectivity index (χ0n) is 9.54. The molecule has 2 rings (SSSR count). The van der Waals surface area contributed by atoms with Crippen LogP contribution in [0.15, 0.2) is 24.3 Å². The van der Waals surface area contributed by atoms with Crippen molar-refractivity contribution in [3.8, 4) is 11.5 Å². The van der Waals surface area contributed by atoms with Gasteiger partial charge in [-0.1, -0.05) is 12.1 Å². The second-order valence-electron chi connectivity index (χ2n) is 3.92. The average Bonchev–Trinajstić information content (AvgIpc) is 2.38. The number of hydrogen-bond donors (Lipinski definition) is 2. The van der Waals surface area contributed by atoms with Crippen LogP contribution in [0.4, 0.5) is 0 Å². The van der Waals surface area contributed by atoms with Crippen molar-refractivity contribution in [2.24, 2.45) is 5.73 Å². The van der Waals surface area contributed by atoms with Crippen molar-refractivity contribution in [1.82, 2.24) is 0 Å². The predicted molar refractivity (Wildman–Crippen MR) is 62.2 cm³/mol. The van der Waals surface area contributed by atoms with Crippen molar-refractivity contribution in [2.45, 2.75) is 12.2 Å². The molecule has 0 bridgehead atoms. The van der Waals surface area contributed by atoms with E-state index in [4.69, 9.17) is 19.9 Å². The minimum absolute atomic E-state index is 0.144. The third kappa shape index (κ3) is 3.33. The molecular weight excluding hydrogens is 222 g/mol. The van der Waals surface area contributed by atoms with Crippen LogP contribution in [0.5, 0.6) is 11.5 Å². The van der Waals surface area contributed by atoms with Crippen LogP contribution in [-0.4, -0.2) is 43.7 Å². The van der Waals surface area contributed by atoms with E-state index in [1.807, 2.05) is 24.3 Å². The first kappa shape index (κ1) is 12.2. The summed E-state index contributed by atoms with van der Waals surface area (Å²) in [4.78, 5) is 0. The van der Waals surface area contributed by atoms with Gasteiger partial charge in [-0.05, 0) is 12.1 Å². The molecule has 94 valence electrons. The summed E-state index contributed by atoms with van der Waals surface area (Å²) in [7, 11) is 0. The molecule has 0 saturated carbocycles. The smallest absolute Gasteiger partial charge is 0.161 e. The van der Waals surface area contributed by atoms with Crippen molar-refractivity contribution < 1.29 is 19.3 Å². The van der Waals surface area contributed by atoms with Gasteiger partial charge in [0.15, 0.2) is 17.6 Å². The van der Waals surface area contributed by atoms with Gasteiger partial charge in [-0.3, -0.25) is 0 Å². The van der Waals surface area contributed by atoms with Crippen molar-refractivity contribution in [1.29, 1.82) is 0 Å². The maximum atomic E-state index is 9.22. The molecule has 0 aliphatic carbocycles. The van der Waals surface area contributed by atoms with Crippen molar-refractivity contribution in [2.75, 3.05) is 26.4 Å². The van der Waals surface area contributed by atoms with Crippen LogP contribution in [0, 0.1) is 0 Å². The Labute approximate surface area is 100 Å². The number of aliphatic hydroxyl groups is 1. The normalized spacial score (nSPS) is 20.0. The summed E-state index contributed by atoms with van der Waals surface area (Å²) < 4.78 is 16.5. The number of fused-ring (bicyclic) bond motifs is 1. The summed E-state index contributed by atoms with van der Waals surface area (Å²) in [6.07, 6.45) is -0.762. The third-order valence-corrected chi connectivity index (χ3v) is 2.45. The minimum Gasteiger partial charge on any atom is -0.486 e. The van der Waals surface area contributed by atoms with E-state index in [1.165, 1.54) is 0 Å². The maximum absolute atomic E-state index is 9.22. The van der Waals surface area contributed by atoms with E-state index in [0.29, 0.717) is 13.2 Å². The Kier molecular flexibility index (Phi) is 4.19. The molecule has 3 N–H and O–H groups in total. The first-order valence-corrected chi connectivity index (χ1v) is 5.64. The van der Waals surface area contributed by atoms with Crippen LogP contribution in [0.2, 0.25) is 0 Å². The van der Waals surface area contributed by atoms with E-state index in [9.17, 15) is 5.11 Å². The fraction of sp³-hybridized carbons (Fsp3) is 0.500. The van der Waals surface area contributed by atoms with Crippen molar-refractivity contribution in [3.63, 3.8) is 0 Å². The van der Waals surface area contributed by atoms with Gasteiger partial charge in [0.05, 0.1) is 19.3 Å². The molecule has 1 aromatic rings. The van der Waals surface area contributed by atoms with Gasteiger partial charge in [-0.15, -0.1) is 0 Å². The topological polar surface area (TPSA) is 73.9 Å². The molecule has 0 aromatic heterocycles. The zero-order chi connectivity index (χ0) is 12.1. The lowest BCUT2D eigenvalue weighted by Crippen LogP contribution is -2.35. The van der Waals surface area contributed by atoms with E-state index < -0.39 is 6.10 Å². The highest BCUT2D eigenvalue weighted by Gasteiger charge is 2.20. The highest BCUT2D eigenvalue weighted by Crippen LogP contribution is 2.30. The predicted octanol–water partition coefficient (Wildman–Crippen LogP) is 0.163. The van der Waals surface area contributed by atoms with E-state index in [-0.39, 0.29) is 19.3 Å². The lowest BCUT2D eigenvalue weighted by molar-refractivity contribution is -0.0194. The highest BCUT2D eigenvalue weighted by atomic mass is 16.6. The SMILES string of the molecule is NCC(O)COCC1COc2ccccc2O1. The van der Waals surface area contributed by atoms with Crippen LogP contribution in [0.25, 0.3) is 0 Å². The Morgan fingerprint density at radius 2 is 2.18 bits per heavy atom. The van der Waals surface area contributed by atoms with E-state index in [1.54, 1.807) is 0 Å². The lowest BCUT2D eigenvalue weighted by atomic mass is 10.2. The molecule has 0 fully saturated rings. The van der Waals surface area contributed by atoms with E-state index >= 15 is 0 Å². The fourth-order valence-corrected chi connectivity index (χ4v) is 1.55. The molecule has 17 heavy (non-hydrogen) atoms. The maximum Gasteiger partial charge on any atom is 0.161 e. The molecule has 2 atom stereocenters. The van der Waals surface area contributed by atoms with Gasteiger partial charge < -0.3 is 25.1 Å². The van der Waals surface area contributed by atoms with Crippen LogP contribution < -0.4 is 15.2 Å². The number of aliphatic hydroxyl groups excluding tert-OH is 1. The van der Waals surface area contributed by atoms with Gasteiger partial charge in [0.1, 0.15) is 6.61 Å². The van der Waals surface area contributed by atoms with Gasteiger partial charge in [0.2, 0.25) is 0 Å². The lowest BCUT2D eigenvalue weighted by Gasteiger charge is -2.26. The minimum atomic E-state index is -0.619. The monoisotopic (exact) mass is 239 g/mol. The summed E-state index contributed by atoms with van der Waals surface area (Å²) in [6, 6.07) is 7.51. The van der Waals surface area contributed by atoms with Gasteiger partial charge in [-0.2, -0.15) is 0 Å². The second-order valence-corrected chi connectivity index (χ2v) is 3.92. The van der Waals surface area contributed by atoms with Crippen molar-refractivity contribution in [3.05, 3.63) is 24.3 Å². The summed E-state index contributed by atoms with van der Waals surface area (Å²) >= 11 is 0. The number of rotatable bonds is 5. The first-order valence-electron chi connectivity index (χ1n) is 5.64. The Morgan fingerprint density at radius 1 is 1.41 bits per heavy atom. The summed E-state index contributed by atoms with van der Waals surface area (Å²) in [6.45, 7) is 1.25. The average molecular weight is 239 g/mol. The van der Waals surface area contributed by atoms with Crippen LogP contribution in [0.3, 0.4) is 0 Å². The Balaban J connectivity index is 1.78. The molecule has 1 aromatic carbocycles. The van der Waals surface area contributed by atoms with Gasteiger partial charge in [0, 0.05) is 6.54 Å². The van der Waals surface area contributed by atoms with Gasteiger partial charge in [0.25, 0.3) is 0 Å². The fourth-order valence-electron chi connectivity index (χ4n) is 1.55. The molecule has 0 radical (unpaired) electrons. The standard InChI is InChI=1S/C12H17NO4/c13-5-9(14)6-15-7-10-8-16-11-3-1-2-4-12(11)17-10/h1-4,9-10,14H,5-8,13H2. The van der Waals surface area contributed by atoms with Gasteiger partial charge in [-0.25, -0.2) is 0 Å². The molecular formula is C12H17NO4. The largest absolute Gasteiger partial charge is 0.486 e. The molecule has 2 unspecified atom stereocenters. The first-order chi connectivity index (χ1) is 8.29. The molecule has 1 heterocycles. The van der Waals surface area contributed by atoms with E-state index in [2.05, 4.69) is 0 Å². The molecule has 5 nitrogen and oxygen atoms in total. The van der Waals surface area contributed by atoms with Crippen LogP contribution in [0.1, 0.15) is 0 Å². The number of ether oxygens (including phenoxy) is 3. The third-order valence-electron chi connectivity index (χ3n) is 2.45. The summed E-state index contributed by atoms with van der Waals surface area (Å²) in [5, 5.41) is 9.22. The van der Waals surface area contributed by atoms with Gasteiger partial charge >= 0.3 is 0 Å². The molecule has 5 heteroatoms. The van der Waals surface area contributed by atoms with Crippen molar-refractivity contribution >= 4 is 0 Å². The quantitative estimate of drug-likeness (QED) is 0.765. The second kappa shape index (κ2) is 5.86. The Hall–Kier alpha value is -1.30. The Morgan fingerprint density at radius 3 is 2.94 bits per heavy atom. The Bertz CT molecular complexity index is 358. The number of benzene rings is 1. The van der Waals surface area contributed by atoms with E-state index in [0.717, 1.165) is 11.5 Å². The van der Waals surface area contributed by atoms with Crippen LogP contribution >= 0.6 is 0 Å². The number of hydrogen-bond acceptors (Lipinski definition) is 5. The highest BCUT2D eigenvalue weighted by molar-refractivity contribution is 5.40. The summed E-state index contributed by atoms with van der Waals surface area (Å²) in [5.74, 6) is 1.48. The molecule has 1 aliphatic heterocycles. The molecule has 1 aliphatic rings. The number of para-hydroxylation sites is 2. The molecule has 0 spiro atoms. The molecule has 0 saturated heterocycles. The van der Waals surface area contributed by atoms with Crippen LogP contribution in [-0.2, 0) is 4.74 Å². The zero-order valence-corrected chi connectivity index (χ0v) is 9.54. The number of nitrogens with two attached hydrogens (primary N) is 1. The summed E-state index contributed by atoms with van der Waals surface area (Å²) in [5.41, 5.74) is 5.27.